The summed E-state index contributed by atoms with van der Waals surface area (Å²) in [6.07, 6.45) is 3.36. The maximum atomic E-state index is 12.5. The van der Waals surface area contributed by atoms with Crippen molar-refractivity contribution in [3.05, 3.63) is 18.5 Å². The molecule has 2 N–H and O–H groups in total. The van der Waals surface area contributed by atoms with Crippen molar-refractivity contribution in [2.75, 3.05) is 33.2 Å². The van der Waals surface area contributed by atoms with Crippen molar-refractivity contribution in [2.24, 2.45) is 12.8 Å². The molecular formula is C11H20N4O2S. The summed E-state index contributed by atoms with van der Waals surface area (Å²) in [6, 6.07) is 1.48. The Hall–Kier alpha value is -0.890. The van der Waals surface area contributed by atoms with Crippen molar-refractivity contribution >= 4 is 10.0 Å². The Morgan fingerprint density at radius 3 is 2.67 bits per heavy atom. The van der Waals surface area contributed by atoms with Crippen LogP contribution in [0.5, 0.6) is 0 Å². The molecule has 1 aromatic rings. The number of sulfonamides is 1. The highest BCUT2D eigenvalue weighted by Gasteiger charge is 2.34. The first-order valence-corrected chi connectivity index (χ1v) is 7.41. The summed E-state index contributed by atoms with van der Waals surface area (Å²) in [5.41, 5.74) is 5.70. The molecule has 2 rings (SSSR count). The van der Waals surface area contributed by atoms with Gasteiger partial charge in [0.1, 0.15) is 0 Å². The van der Waals surface area contributed by atoms with E-state index in [1.165, 1.54) is 4.31 Å². The fraction of sp³-hybridized carbons (Fsp3) is 0.636. The topological polar surface area (TPSA) is 71.6 Å². The molecule has 1 aliphatic heterocycles. The zero-order valence-corrected chi connectivity index (χ0v) is 11.6. The van der Waals surface area contributed by atoms with E-state index in [1.807, 2.05) is 14.1 Å². The van der Waals surface area contributed by atoms with Crippen LogP contribution in [0.15, 0.2) is 23.4 Å². The molecule has 1 fully saturated rings. The molecule has 1 atom stereocenters. The largest absolute Gasteiger partial charge is 0.356 e. The van der Waals surface area contributed by atoms with Crippen LogP contribution in [0.4, 0.5) is 0 Å². The number of hydrogen-bond donors (Lipinski definition) is 1. The molecule has 102 valence electrons. The monoisotopic (exact) mass is 272 g/mol. The van der Waals surface area contributed by atoms with E-state index in [-0.39, 0.29) is 6.04 Å². The van der Waals surface area contributed by atoms with Crippen molar-refractivity contribution in [2.45, 2.75) is 10.9 Å². The van der Waals surface area contributed by atoms with Gasteiger partial charge in [-0.15, -0.1) is 0 Å². The third-order valence-corrected chi connectivity index (χ3v) is 5.25. The van der Waals surface area contributed by atoms with Crippen LogP contribution in [0.2, 0.25) is 0 Å². The molecule has 7 heteroatoms. The van der Waals surface area contributed by atoms with Gasteiger partial charge in [-0.1, -0.05) is 0 Å². The van der Waals surface area contributed by atoms with Crippen LogP contribution in [0.1, 0.15) is 0 Å². The minimum atomic E-state index is -3.42. The molecule has 0 aromatic carbocycles. The van der Waals surface area contributed by atoms with Gasteiger partial charge in [0.15, 0.2) is 0 Å². The van der Waals surface area contributed by atoms with Crippen LogP contribution in [0, 0.1) is 0 Å². The molecule has 6 nitrogen and oxygen atoms in total. The smallest absolute Gasteiger partial charge is 0.244 e. The highest BCUT2D eigenvalue weighted by atomic mass is 32.2. The van der Waals surface area contributed by atoms with E-state index < -0.39 is 10.0 Å². The third kappa shape index (κ3) is 2.44. The van der Waals surface area contributed by atoms with Crippen LogP contribution in [-0.4, -0.2) is 61.5 Å². The third-order valence-electron chi connectivity index (χ3n) is 3.32. The van der Waals surface area contributed by atoms with Crippen LogP contribution in [0.3, 0.4) is 0 Å². The molecule has 1 saturated heterocycles. The quantitative estimate of drug-likeness (QED) is 0.789. The average Bonchev–Trinajstić information content (AvgIpc) is 2.76. The van der Waals surface area contributed by atoms with Gasteiger partial charge in [0.2, 0.25) is 10.0 Å². The average molecular weight is 272 g/mol. The van der Waals surface area contributed by atoms with Crippen LogP contribution in [0.25, 0.3) is 0 Å². The minimum Gasteiger partial charge on any atom is -0.356 e. The number of rotatable bonds is 3. The summed E-state index contributed by atoms with van der Waals surface area (Å²) in [5, 5.41) is 0. The molecule has 1 unspecified atom stereocenters. The van der Waals surface area contributed by atoms with E-state index in [4.69, 9.17) is 5.73 Å². The first-order chi connectivity index (χ1) is 8.45. The summed E-state index contributed by atoms with van der Waals surface area (Å²) in [4.78, 5) is 2.45. The lowest BCUT2D eigenvalue weighted by molar-refractivity contribution is 0.164. The van der Waals surface area contributed by atoms with Gasteiger partial charge in [-0.2, -0.15) is 4.31 Å². The number of aryl methyl sites for hydroxylation is 1. The molecule has 18 heavy (non-hydrogen) atoms. The van der Waals surface area contributed by atoms with Crippen molar-refractivity contribution in [1.82, 2.24) is 13.8 Å². The number of likely N-dealkylation sites (N-methyl/N-ethyl adjacent to an activating group) is 1. The molecule has 0 amide bonds. The summed E-state index contributed by atoms with van der Waals surface area (Å²) < 4.78 is 28.3. The fourth-order valence-corrected chi connectivity index (χ4v) is 3.94. The maximum absolute atomic E-state index is 12.5. The molecule has 0 spiro atoms. The Bertz CT molecular complexity index is 511. The number of hydrogen-bond acceptors (Lipinski definition) is 4. The minimum absolute atomic E-state index is 0.144. The molecule has 0 aliphatic carbocycles. The Morgan fingerprint density at radius 1 is 1.39 bits per heavy atom. The van der Waals surface area contributed by atoms with Crippen molar-refractivity contribution in [3.8, 4) is 0 Å². The van der Waals surface area contributed by atoms with E-state index in [0.717, 1.165) is 6.54 Å². The van der Waals surface area contributed by atoms with Gasteiger partial charge < -0.3 is 15.2 Å². The van der Waals surface area contributed by atoms with Gasteiger partial charge >= 0.3 is 0 Å². The van der Waals surface area contributed by atoms with Gasteiger partial charge in [0.25, 0.3) is 0 Å². The second-order valence-corrected chi connectivity index (χ2v) is 6.67. The van der Waals surface area contributed by atoms with Gasteiger partial charge in [-0.05, 0) is 13.1 Å². The van der Waals surface area contributed by atoms with E-state index in [0.29, 0.717) is 24.5 Å². The van der Waals surface area contributed by atoms with Crippen LogP contribution < -0.4 is 5.73 Å². The van der Waals surface area contributed by atoms with E-state index in [2.05, 4.69) is 4.90 Å². The molecule has 0 saturated carbocycles. The predicted octanol–water partition coefficient (Wildman–Crippen LogP) is -0.711. The Morgan fingerprint density at radius 2 is 2.11 bits per heavy atom. The van der Waals surface area contributed by atoms with Gasteiger partial charge in [-0.25, -0.2) is 8.42 Å². The normalized spacial score (nSPS) is 23.4. The lowest BCUT2D eigenvalue weighted by Crippen LogP contribution is -2.56. The number of nitrogens with zero attached hydrogens (tertiary/aromatic N) is 3. The molecule has 1 aliphatic rings. The lowest BCUT2D eigenvalue weighted by Gasteiger charge is -2.38. The number of aromatic nitrogens is 1. The van der Waals surface area contributed by atoms with Crippen molar-refractivity contribution in [1.29, 1.82) is 0 Å². The first kappa shape index (κ1) is 13.5. The summed E-state index contributed by atoms with van der Waals surface area (Å²) in [5.74, 6) is 0. The van der Waals surface area contributed by atoms with Crippen LogP contribution >= 0.6 is 0 Å². The molecule has 2 heterocycles. The van der Waals surface area contributed by atoms with Gasteiger partial charge in [-0.3, -0.25) is 0 Å². The molecule has 0 bridgehead atoms. The number of piperazine rings is 1. The summed E-state index contributed by atoms with van der Waals surface area (Å²) in [7, 11) is 0.370. The molecular weight excluding hydrogens is 252 g/mol. The zero-order valence-electron chi connectivity index (χ0n) is 10.8. The second-order valence-electron chi connectivity index (χ2n) is 4.78. The standard InChI is InChI=1S/C11H20N4O2S/c1-13-4-3-11(9-13)18(16,17)15-6-5-14(2)8-10(15)7-12/h3-4,9-10H,5-8,12H2,1-2H3. The predicted molar refractivity (Wildman–Crippen MR) is 69.6 cm³/mol. The van der Waals surface area contributed by atoms with Gasteiger partial charge in [0.05, 0.1) is 10.9 Å². The van der Waals surface area contributed by atoms with Crippen molar-refractivity contribution in [3.63, 3.8) is 0 Å². The zero-order chi connectivity index (χ0) is 13.3. The van der Waals surface area contributed by atoms with E-state index in [9.17, 15) is 8.42 Å². The van der Waals surface area contributed by atoms with E-state index in [1.54, 1.807) is 23.0 Å². The molecule has 1 aromatic heterocycles. The summed E-state index contributed by atoms with van der Waals surface area (Å²) in [6.45, 7) is 2.26. The highest BCUT2D eigenvalue weighted by Crippen LogP contribution is 2.20. The Kier molecular flexibility index (Phi) is 3.76. The first-order valence-electron chi connectivity index (χ1n) is 5.97. The van der Waals surface area contributed by atoms with E-state index >= 15 is 0 Å². The van der Waals surface area contributed by atoms with Gasteiger partial charge in [0, 0.05) is 45.6 Å². The molecule has 0 radical (unpaired) electrons. The maximum Gasteiger partial charge on any atom is 0.244 e. The number of nitrogens with two attached hydrogens (primary N) is 1. The highest BCUT2D eigenvalue weighted by molar-refractivity contribution is 7.89. The van der Waals surface area contributed by atoms with Crippen molar-refractivity contribution < 1.29 is 8.42 Å². The summed E-state index contributed by atoms with van der Waals surface area (Å²) >= 11 is 0. The second kappa shape index (κ2) is 5.00. The SMILES string of the molecule is CN1CCN(S(=O)(=O)c2ccn(C)c2)C(CN)C1. The lowest BCUT2D eigenvalue weighted by atomic mass is 10.2. The van der Waals surface area contributed by atoms with Crippen LogP contribution in [-0.2, 0) is 17.1 Å². The fourth-order valence-electron chi connectivity index (χ4n) is 2.27. The Balaban J connectivity index is 2.29. The Labute approximate surface area is 108 Å².